The maximum atomic E-state index is 13.0. The van der Waals surface area contributed by atoms with E-state index in [-0.39, 0.29) is 18.1 Å². The Morgan fingerprint density at radius 1 is 1.09 bits per heavy atom. The lowest BCUT2D eigenvalue weighted by Crippen LogP contribution is -2.28. The second-order valence-corrected chi connectivity index (χ2v) is 4.65. The molecule has 4 nitrogen and oxygen atoms in total. The van der Waals surface area contributed by atoms with E-state index in [1.165, 1.54) is 30.3 Å². The number of amides is 1. The van der Waals surface area contributed by atoms with Crippen LogP contribution in [0.15, 0.2) is 60.3 Å². The van der Waals surface area contributed by atoms with Gasteiger partial charge in [-0.1, -0.05) is 30.3 Å². The fourth-order valence-electron chi connectivity index (χ4n) is 1.86. The van der Waals surface area contributed by atoms with Gasteiger partial charge in [-0.2, -0.15) is 0 Å². The van der Waals surface area contributed by atoms with Gasteiger partial charge >= 0.3 is 5.97 Å². The van der Waals surface area contributed by atoms with E-state index in [2.05, 4.69) is 5.32 Å². The third kappa shape index (κ3) is 4.78. The molecule has 0 bridgehead atoms. The zero-order chi connectivity index (χ0) is 16.7. The minimum atomic E-state index is -0.652. The van der Waals surface area contributed by atoms with Gasteiger partial charge in [0.25, 0.3) is 5.91 Å². The van der Waals surface area contributed by atoms with E-state index < -0.39 is 11.9 Å². The number of hydrogen-bond acceptors (Lipinski definition) is 3. The van der Waals surface area contributed by atoms with Crippen molar-refractivity contribution in [2.75, 3.05) is 6.61 Å². The molecule has 118 valence electrons. The van der Waals surface area contributed by atoms with Crippen LogP contribution >= 0.6 is 0 Å². The highest BCUT2D eigenvalue weighted by Gasteiger charge is 2.15. The third-order valence-corrected chi connectivity index (χ3v) is 2.96. The molecule has 0 unspecified atom stereocenters. The molecule has 1 N–H and O–H groups in total. The normalized spacial score (nSPS) is 11.0. The van der Waals surface area contributed by atoms with Crippen molar-refractivity contribution >= 4 is 18.0 Å². The minimum absolute atomic E-state index is 0.00712. The molecule has 0 saturated carbocycles. The number of benzene rings is 2. The van der Waals surface area contributed by atoms with Gasteiger partial charge in [-0.3, -0.25) is 4.79 Å². The van der Waals surface area contributed by atoms with Crippen molar-refractivity contribution in [3.8, 4) is 0 Å². The highest BCUT2D eigenvalue weighted by atomic mass is 19.1. The maximum Gasteiger partial charge on any atom is 0.354 e. The van der Waals surface area contributed by atoms with E-state index in [1.807, 2.05) is 0 Å². The molecule has 1 amide bonds. The molecule has 5 heteroatoms. The van der Waals surface area contributed by atoms with E-state index in [9.17, 15) is 14.0 Å². The fourth-order valence-corrected chi connectivity index (χ4v) is 1.86. The zero-order valence-electron chi connectivity index (χ0n) is 12.6. The molecule has 2 rings (SSSR count). The highest BCUT2D eigenvalue weighted by Crippen LogP contribution is 2.09. The van der Waals surface area contributed by atoms with Crippen LogP contribution in [-0.4, -0.2) is 18.5 Å². The van der Waals surface area contributed by atoms with Crippen LogP contribution in [0.5, 0.6) is 0 Å². The Labute approximate surface area is 133 Å². The van der Waals surface area contributed by atoms with Crippen molar-refractivity contribution < 1.29 is 18.7 Å². The van der Waals surface area contributed by atoms with Gasteiger partial charge in [-0.15, -0.1) is 0 Å². The molecule has 2 aromatic rings. The molecular formula is C18H16FNO3. The molecule has 0 fully saturated rings. The van der Waals surface area contributed by atoms with Crippen LogP contribution in [0.3, 0.4) is 0 Å². The van der Waals surface area contributed by atoms with Gasteiger partial charge < -0.3 is 10.1 Å². The average molecular weight is 313 g/mol. The van der Waals surface area contributed by atoms with Crippen molar-refractivity contribution in [3.05, 3.63) is 77.2 Å². The lowest BCUT2D eigenvalue weighted by atomic mass is 10.1. The standard InChI is InChI=1S/C18H16FNO3/c1-2-23-18(22)16(12-13-8-10-15(19)11-9-13)20-17(21)14-6-4-3-5-7-14/h3-12H,2H2,1H3,(H,20,21). The number of nitrogens with one attached hydrogen (secondary N) is 1. The summed E-state index contributed by atoms with van der Waals surface area (Å²) in [6.45, 7) is 1.85. The van der Waals surface area contributed by atoms with Crippen LogP contribution in [0.1, 0.15) is 22.8 Å². The van der Waals surface area contributed by atoms with Crippen LogP contribution in [0.2, 0.25) is 0 Å². The summed E-state index contributed by atoms with van der Waals surface area (Å²) >= 11 is 0. The Morgan fingerprint density at radius 2 is 1.74 bits per heavy atom. The monoisotopic (exact) mass is 313 g/mol. The average Bonchev–Trinajstić information content (AvgIpc) is 2.57. The van der Waals surface area contributed by atoms with Gasteiger partial charge in [0.2, 0.25) is 0 Å². The predicted octanol–water partition coefficient (Wildman–Crippen LogP) is 3.16. The molecular weight excluding hydrogens is 297 g/mol. The number of carbonyl (C=O) groups excluding carboxylic acids is 2. The van der Waals surface area contributed by atoms with Crippen molar-refractivity contribution in [3.63, 3.8) is 0 Å². The molecule has 0 radical (unpaired) electrons. The first-order chi connectivity index (χ1) is 11.1. The van der Waals surface area contributed by atoms with Gasteiger partial charge in [-0.25, -0.2) is 9.18 Å². The third-order valence-electron chi connectivity index (χ3n) is 2.96. The van der Waals surface area contributed by atoms with Crippen molar-refractivity contribution in [1.82, 2.24) is 5.32 Å². The zero-order valence-corrected chi connectivity index (χ0v) is 12.6. The van der Waals surface area contributed by atoms with E-state index in [0.29, 0.717) is 11.1 Å². The molecule has 0 heterocycles. The molecule has 0 saturated heterocycles. The summed E-state index contributed by atoms with van der Waals surface area (Å²) in [5.74, 6) is -1.46. The first-order valence-electron chi connectivity index (χ1n) is 7.11. The topological polar surface area (TPSA) is 55.4 Å². The summed E-state index contributed by atoms with van der Waals surface area (Å²) in [4.78, 5) is 24.2. The molecule has 2 aromatic carbocycles. The Bertz CT molecular complexity index is 709. The van der Waals surface area contributed by atoms with Gasteiger partial charge in [0.15, 0.2) is 0 Å². The number of esters is 1. The van der Waals surface area contributed by atoms with Crippen molar-refractivity contribution in [1.29, 1.82) is 0 Å². The number of carbonyl (C=O) groups is 2. The Hall–Kier alpha value is -2.95. The van der Waals surface area contributed by atoms with Crippen LogP contribution in [0.4, 0.5) is 4.39 Å². The summed E-state index contributed by atoms with van der Waals surface area (Å²) in [7, 11) is 0. The molecule has 0 aliphatic heterocycles. The number of halogens is 1. The summed E-state index contributed by atoms with van der Waals surface area (Å²) in [6.07, 6.45) is 1.44. The highest BCUT2D eigenvalue weighted by molar-refractivity contribution is 6.03. The van der Waals surface area contributed by atoms with E-state index in [0.717, 1.165) is 0 Å². The molecule has 23 heavy (non-hydrogen) atoms. The summed E-state index contributed by atoms with van der Waals surface area (Å²) in [5, 5.41) is 2.53. The quantitative estimate of drug-likeness (QED) is 0.681. The lowest BCUT2D eigenvalue weighted by Gasteiger charge is -2.09. The minimum Gasteiger partial charge on any atom is -0.461 e. The summed E-state index contributed by atoms with van der Waals surface area (Å²) < 4.78 is 17.9. The van der Waals surface area contributed by atoms with Crippen molar-refractivity contribution in [2.24, 2.45) is 0 Å². The number of rotatable bonds is 5. The Kier molecular flexibility index (Phi) is 5.63. The van der Waals surface area contributed by atoms with Gasteiger partial charge in [0.1, 0.15) is 11.5 Å². The predicted molar refractivity (Wildman–Crippen MR) is 84.9 cm³/mol. The van der Waals surface area contributed by atoms with Crippen LogP contribution in [0.25, 0.3) is 6.08 Å². The fraction of sp³-hybridized carbons (Fsp3) is 0.111. The largest absolute Gasteiger partial charge is 0.461 e. The van der Waals surface area contributed by atoms with Crippen LogP contribution < -0.4 is 5.32 Å². The second-order valence-electron chi connectivity index (χ2n) is 4.65. The van der Waals surface area contributed by atoms with Gasteiger partial charge in [0, 0.05) is 5.56 Å². The molecule has 0 aliphatic rings. The number of ether oxygens (including phenoxy) is 1. The maximum absolute atomic E-state index is 13.0. The van der Waals surface area contributed by atoms with E-state index in [4.69, 9.17) is 4.74 Å². The lowest BCUT2D eigenvalue weighted by molar-refractivity contribution is -0.138. The Balaban J connectivity index is 2.25. The summed E-state index contributed by atoms with van der Waals surface area (Å²) in [5.41, 5.74) is 0.983. The van der Waals surface area contributed by atoms with Gasteiger partial charge in [-0.05, 0) is 42.8 Å². The first-order valence-corrected chi connectivity index (χ1v) is 7.11. The Morgan fingerprint density at radius 3 is 2.35 bits per heavy atom. The van der Waals surface area contributed by atoms with E-state index in [1.54, 1.807) is 37.3 Å². The number of hydrogen-bond donors (Lipinski definition) is 1. The molecule has 0 atom stereocenters. The molecule has 0 aromatic heterocycles. The smallest absolute Gasteiger partial charge is 0.354 e. The van der Waals surface area contributed by atoms with Crippen LogP contribution in [0, 0.1) is 5.82 Å². The van der Waals surface area contributed by atoms with E-state index >= 15 is 0 Å². The molecule has 0 spiro atoms. The first kappa shape index (κ1) is 16.4. The van der Waals surface area contributed by atoms with Gasteiger partial charge in [0.05, 0.1) is 6.61 Å². The second kappa shape index (κ2) is 7.89. The van der Waals surface area contributed by atoms with Crippen LogP contribution in [-0.2, 0) is 9.53 Å². The summed E-state index contributed by atoms with van der Waals surface area (Å²) in [6, 6.07) is 14.1. The van der Waals surface area contributed by atoms with Crippen molar-refractivity contribution in [2.45, 2.75) is 6.92 Å². The SMILES string of the molecule is CCOC(=O)C(=Cc1ccc(F)cc1)NC(=O)c1ccccc1. The molecule has 0 aliphatic carbocycles.